The molecule has 2 aromatic heterocycles. The predicted molar refractivity (Wildman–Crippen MR) is 85.6 cm³/mol. The molecular formula is C16H15N3OS. The van der Waals surface area contributed by atoms with Crippen molar-refractivity contribution in [3.8, 4) is 17.1 Å². The molecule has 0 amide bonds. The summed E-state index contributed by atoms with van der Waals surface area (Å²) in [5.41, 5.74) is 8.70. The first-order chi connectivity index (χ1) is 10.3. The number of rotatable bonds is 4. The Morgan fingerprint density at radius 1 is 1.14 bits per heavy atom. The summed E-state index contributed by atoms with van der Waals surface area (Å²) in [4.78, 5) is 9.88. The predicted octanol–water partition coefficient (Wildman–Crippen LogP) is 3.39. The SMILES string of the molecule is COc1ccccc1Cc1sc(N)nc1-c1ccccn1. The van der Waals surface area contributed by atoms with E-state index < -0.39 is 0 Å². The molecule has 3 rings (SSSR count). The van der Waals surface area contributed by atoms with E-state index in [1.807, 2.05) is 36.4 Å². The van der Waals surface area contributed by atoms with Crippen LogP contribution in [-0.4, -0.2) is 17.1 Å². The van der Waals surface area contributed by atoms with Gasteiger partial charge in [0, 0.05) is 17.5 Å². The summed E-state index contributed by atoms with van der Waals surface area (Å²) in [7, 11) is 1.68. The highest BCUT2D eigenvalue weighted by atomic mass is 32.1. The monoisotopic (exact) mass is 297 g/mol. The molecule has 0 aliphatic heterocycles. The zero-order valence-corrected chi connectivity index (χ0v) is 12.4. The van der Waals surface area contributed by atoms with Gasteiger partial charge in [-0.2, -0.15) is 0 Å². The normalized spacial score (nSPS) is 10.5. The summed E-state index contributed by atoms with van der Waals surface area (Å²) < 4.78 is 5.41. The molecule has 0 radical (unpaired) electrons. The van der Waals surface area contributed by atoms with E-state index in [0.717, 1.165) is 34.0 Å². The van der Waals surface area contributed by atoms with Crippen LogP contribution in [0.2, 0.25) is 0 Å². The highest BCUT2D eigenvalue weighted by Gasteiger charge is 2.14. The quantitative estimate of drug-likeness (QED) is 0.802. The van der Waals surface area contributed by atoms with Crippen molar-refractivity contribution in [3.05, 3.63) is 59.1 Å². The Hall–Kier alpha value is -2.40. The molecule has 2 N–H and O–H groups in total. The van der Waals surface area contributed by atoms with E-state index in [9.17, 15) is 0 Å². The third-order valence-electron chi connectivity index (χ3n) is 3.16. The highest BCUT2D eigenvalue weighted by Crippen LogP contribution is 2.32. The van der Waals surface area contributed by atoms with Crippen molar-refractivity contribution in [1.29, 1.82) is 0 Å². The molecule has 5 heteroatoms. The Labute approximate surface area is 127 Å². The maximum Gasteiger partial charge on any atom is 0.180 e. The molecule has 1 aromatic carbocycles. The topological polar surface area (TPSA) is 61.0 Å². The lowest BCUT2D eigenvalue weighted by molar-refractivity contribution is 0.410. The smallest absolute Gasteiger partial charge is 0.180 e. The van der Waals surface area contributed by atoms with Crippen LogP contribution in [-0.2, 0) is 6.42 Å². The van der Waals surface area contributed by atoms with Gasteiger partial charge in [-0.1, -0.05) is 24.3 Å². The standard InChI is InChI=1S/C16H15N3OS/c1-20-13-8-3-2-6-11(13)10-14-15(19-16(17)21-14)12-7-4-5-9-18-12/h2-9H,10H2,1H3,(H2,17,19). The Morgan fingerprint density at radius 3 is 2.71 bits per heavy atom. The number of nitrogens with two attached hydrogens (primary N) is 1. The van der Waals surface area contributed by atoms with Crippen LogP contribution in [0.4, 0.5) is 5.13 Å². The summed E-state index contributed by atoms with van der Waals surface area (Å²) >= 11 is 1.49. The Kier molecular flexibility index (Phi) is 3.83. The van der Waals surface area contributed by atoms with Crippen LogP contribution in [0.3, 0.4) is 0 Å². The molecule has 0 unspecified atom stereocenters. The van der Waals surface area contributed by atoms with E-state index in [1.54, 1.807) is 13.3 Å². The van der Waals surface area contributed by atoms with Crippen molar-refractivity contribution in [2.24, 2.45) is 0 Å². The number of anilines is 1. The molecule has 3 aromatic rings. The van der Waals surface area contributed by atoms with Crippen molar-refractivity contribution in [2.75, 3.05) is 12.8 Å². The van der Waals surface area contributed by atoms with Crippen molar-refractivity contribution in [2.45, 2.75) is 6.42 Å². The molecule has 0 bridgehead atoms. The van der Waals surface area contributed by atoms with E-state index in [4.69, 9.17) is 10.5 Å². The van der Waals surface area contributed by atoms with Crippen LogP contribution >= 0.6 is 11.3 Å². The molecule has 4 nitrogen and oxygen atoms in total. The number of pyridine rings is 1. The van der Waals surface area contributed by atoms with Gasteiger partial charge < -0.3 is 10.5 Å². The van der Waals surface area contributed by atoms with Gasteiger partial charge in [0.25, 0.3) is 0 Å². The lowest BCUT2D eigenvalue weighted by Gasteiger charge is -2.07. The molecule has 0 aliphatic rings. The molecule has 2 heterocycles. The summed E-state index contributed by atoms with van der Waals surface area (Å²) in [5.74, 6) is 0.872. The van der Waals surface area contributed by atoms with Crippen LogP contribution in [0.1, 0.15) is 10.4 Å². The fourth-order valence-corrected chi connectivity index (χ4v) is 3.08. The second kappa shape index (κ2) is 5.93. The molecule has 106 valence electrons. The molecule has 0 atom stereocenters. The Morgan fingerprint density at radius 2 is 1.95 bits per heavy atom. The van der Waals surface area contributed by atoms with Gasteiger partial charge >= 0.3 is 0 Å². The number of methoxy groups -OCH3 is 1. The van der Waals surface area contributed by atoms with Gasteiger partial charge in [-0.05, 0) is 23.8 Å². The molecule has 0 saturated heterocycles. The molecule has 0 fully saturated rings. The number of thiazole rings is 1. The van der Waals surface area contributed by atoms with E-state index >= 15 is 0 Å². The summed E-state index contributed by atoms with van der Waals surface area (Å²) in [6.07, 6.45) is 2.49. The van der Waals surface area contributed by atoms with E-state index in [1.165, 1.54) is 11.3 Å². The summed E-state index contributed by atoms with van der Waals surface area (Å²) in [5, 5.41) is 0.556. The van der Waals surface area contributed by atoms with Gasteiger partial charge in [-0.15, -0.1) is 11.3 Å². The summed E-state index contributed by atoms with van der Waals surface area (Å²) in [6, 6.07) is 13.8. The number of para-hydroxylation sites is 1. The van der Waals surface area contributed by atoms with Gasteiger partial charge in [0.05, 0.1) is 12.8 Å². The highest BCUT2D eigenvalue weighted by molar-refractivity contribution is 7.15. The minimum absolute atomic E-state index is 0.556. The van der Waals surface area contributed by atoms with Crippen molar-refractivity contribution in [1.82, 2.24) is 9.97 Å². The minimum atomic E-state index is 0.556. The fourth-order valence-electron chi connectivity index (χ4n) is 2.21. The second-order valence-corrected chi connectivity index (χ2v) is 5.64. The minimum Gasteiger partial charge on any atom is -0.496 e. The number of hydrogen-bond donors (Lipinski definition) is 1. The largest absolute Gasteiger partial charge is 0.496 e. The third-order valence-corrected chi connectivity index (χ3v) is 4.05. The van der Waals surface area contributed by atoms with E-state index in [0.29, 0.717) is 5.13 Å². The number of nitrogens with zero attached hydrogens (tertiary/aromatic N) is 2. The Bertz CT molecular complexity index is 740. The van der Waals surface area contributed by atoms with E-state index in [-0.39, 0.29) is 0 Å². The van der Waals surface area contributed by atoms with Crippen molar-refractivity contribution in [3.63, 3.8) is 0 Å². The van der Waals surface area contributed by atoms with Crippen molar-refractivity contribution >= 4 is 16.5 Å². The average molecular weight is 297 g/mol. The maximum absolute atomic E-state index is 5.89. The first-order valence-corrected chi connectivity index (χ1v) is 7.38. The first kappa shape index (κ1) is 13.6. The third kappa shape index (κ3) is 2.87. The van der Waals surface area contributed by atoms with Crippen LogP contribution in [0, 0.1) is 0 Å². The van der Waals surface area contributed by atoms with Gasteiger partial charge in [-0.3, -0.25) is 4.98 Å². The number of hydrogen-bond acceptors (Lipinski definition) is 5. The molecule has 21 heavy (non-hydrogen) atoms. The Balaban J connectivity index is 2.00. The maximum atomic E-state index is 5.89. The number of aromatic nitrogens is 2. The van der Waals surface area contributed by atoms with Crippen molar-refractivity contribution < 1.29 is 4.74 Å². The molecule has 0 aliphatic carbocycles. The number of nitrogen functional groups attached to an aromatic ring is 1. The lowest BCUT2D eigenvalue weighted by atomic mass is 10.1. The lowest BCUT2D eigenvalue weighted by Crippen LogP contribution is -1.94. The number of benzene rings is 1. The second-order valence-electron chi connectivity index (χ2n) is 4.53. The average Bonchev–Trinajstić information content (AvgIpc) is 2.89. The van der Waals surface area contributed by atoms with Gasteiger partial charge in [0.15, 0.2) is 5.13 Å². The van der Waals surface area contributed by atoms with Crippen LogP contribution in [0.5, 0.6) is 5.75 Å². The molecular weight excluding hydrogens is 282 g/mol. The van der Waals surface area contributed by atoms with Crippen LogP contribution in [0.15, 0.2) is 48.7 Å². The first-order valence-electron chi connectivity index (χ1n) is 6.56. The van der Waals surface area contributed by atoms with Crippen LogP contribution in [0.25, 0.3) is 11.4 Å². The zero-order valence-electron chi connectivity index (χ0n) is 11.6. The van der Waals surface area contributed by atoms with Gasteiger partial charge in [0.1, 0.15) is 11.4 Å². The molecule has 0 spiro atoms. The zero-order chi connectivity index (χ0) is 14.7. The fraction of sp³-hybridized carbons (Fsp3) is 0.125. The van der Waals surface area contributed by atoms with Gasteiger partial charge in [-0.25, -0.2) is 4.98 Å². The van der Waals surface area contributed by atoms with E-state index in [2.05, 4.69) is 16.0 Å². The molecule has 0 saturated carbocycles. The number of ether oxygens (including phenoxy) is 1. The van der Waals surface area contributed by atoms with Gasteiger partial charge in [0.2, 0.25) is 0 Å². The summed E-state index contributed by atoms with van der Waals surface area (Å²) in [6.45, 7) is 0. The van der Waals surface area contributed by atoms with Crippen LogP contribution < -0.4 is 10.5 Å².